The molecule has 0 saturated carbocycles. The molecular formula is C12H7F4N. The van der Waals surface area contributed by atoms with Crippen molar-refractivity contribution in [2.45, 2.75) is 6.18 Å². The number of rotatable bonds is 1. The van der Waals surface area contributed by atoms with Crippen LogP contribution in [0.2, 0.25) is 0 Å². The maximum atomic E-state index is 13.0. The number of alkyl halides is 3. The molecule has 0 saturated heterocycles. The van der Waals surface area contributed by atoms with E-state index in [1.807, 2.05) is 0 Å². The number of halogens is 4. The van der Waals surface area contributed by atoms with Crippen molar-refractivity contribution in [1.82, 2.24) is 4.98 Å². The molecule has 1 nitrogen and oxygen atoms in total. The van der Waals surface area contributed by atoms with Gasteiger partial charge in [0.1, 0.15) is 0 Å². The molecule has 2 aromatic rings. The minimum atomic E-state index is -4.71. The van der Waals surface area contributed by atoms with E-state index in [-0.39, 0.29) is 5.69 Å². The van der Waals surface area contributed by atoms with E-state index in [4.69, 9.17) is 0 Å². The largest absolute Gasteiger partial charge is 0.419 e. The molecule has 1 heterocycles. The maximum absolute atomic E-state index is 13.0. The Bertz CT molecular complexity index is 520. The van der Waals surface area contributed by atoms with Gasteiger partial charge in [-0.25, -0.2) is 4.39 Å². The minimum absolute atomic E-state index is 0.0966. The van der Waals surface area contributed by atoms with Crippen molar-refractivity contribution >= 4 is 0 Å². The molecule has 0 radical (unpaired) electrons. The fraction of sp³-hybridized carbons (Fsp3) is 0.0833. The average Bonchev–Trinajstić information content (AvgIpc) is 2.29. The van der Waals surface area contributed by atoms with Crippen LogP contribution in [0.3, 0.4) is 0 Å². The summed E-state index contributed by atoms with van der Waals surface area (Å²) in [6.07, 6.45) is -4.12. The Hall–Kier alpha value is -1.91. The van der Waals surface area contributed by atoms with E-state index in [2.05, 4.69) is 4.98 Å². The number of nitrogens with zero attached hydrogens (tertiary/aromatic N) is 1. The van der Waals surface area contributed by atoms with Crippen LogP contribution < -0.4 is 0 Å². The molecule has 0 aliphatic heterocycles. The Balaban J connectivity index is 2.53. The van der Waals surface area contributed by atoms with Gasteiger partial charge in [-0.3, -0.25) is 4.98 Å². The van der Waals surface area contributed by atoms with E-state index in [1.165, 1.54) is 0 Å². The summed E-state index contributed by atoms with van der Waals surface area (Å²) in [4.78, 5) is 3.65. The van der Waals surface area contributed by atoms with Crippen LogP contribution in [0.4, 0.5) is 17.6 Å². The van der Waals surface area contributed by atoms with Crippen molar-refractivity contribution in [2.24, 2.45) is 0 Å². The highest BCUT2D eigenvalue weighted by molar-refractivity contribution is 5.59. The second-order valence-corrected chi connectivity index (χ2v) is 3.41. The van der Waals surface area contributed by atoms with Gasteiger partial charge in [0.25, 0.3) is 0 Å². The van der Waals surface area contributed by atoms with Crippen molar-refractivity contribution in [3.63, 3.8) is 0 Å². The molecule has 0 N–H and O–H groups in total. The lowest BCUT2D eigenvalue weighted by atomic mass is 10.1. The van der Waals surface area contributed by atoms with Gasteiger partial charge in [-0.15, -0.1) is 0 Å². The summed E-state index contributed by atoms with van der Waals surface area (Å²) in [6.45, 7) is 0. The smallest absolute Gasteiger partial charge is 0.253 e. The normalized spacial score (nSPS) is 11.5. The fourth-order valence-electron chi connectivity index (χ4n) is 1.42. The molecule has 88 valence electrons. The number of aromatic nitrogens is 1. The van der Waals surface area contributed by atoms with Crippen molar-refractivity contribution in [3.05, 3.63) is 54.0 Å². The molecule has 1 aromatic carbocycles. The predicted molar refractivity (Wildman–Crippen MR) is 54.6 cm³/mol. The monoisotopic (exact) mass is 241 g/mol. The molecular weight excluding hydrogens is 234 g/mol. The quantitative estimate of drug-likeness (QED) is 0.690. The molecule has 0 bridgehead atoms. The Morgan fingerprint density at radius 2 is 1.65 bits per heavy atom. The summed E-state index contributed by atoms with van der Waals surface area (Å²) in [7, 11) is 0. The number of hydrogen-bond donors (Lipinski definition) is 0. The highest BCUT2D eigenvalue weighted by Crippen LogP contribution is 2.33. The van der Waals surface area contributed by atoms with Gasteiger partial charge in [0, 0.05) is 5.56 Å². The van der Waals surface area contributed by atoms with Crippen molar-refractivity contribution in [3.8, 4) is 11.3 Å². The summed E-state index contributed by atoms with van der Waals surface area (Å²) in [6, 6.07) is 9.02. The summed E-state index contributed by atoms with van der Waals surface area (Å²) >= 11 is 0. The number of benzene rings is 1. The molecule has 5 heteroatoms. The van der Waals surface area contributed by atoms with Gasteiger partial charge in [0.2, 0.25) is 0 Å². The van der Waals surface area contributed by atoms with Gasteiger partial charge in [-0.05, 0) is 6.07 Å². The lowest BCUT2D eigenvalue weighted by molar-refractivity contribution is -0.140. The van der Waals surface area contributed by atoms with Crippen LogP contribution in [0.15, 0.2) is 42.6 Å². The Morgan fingerprint density at radius 1 is 1.00 bits per heavy atom. The van der Waals surface area contributed by atoms with Crippen LogP contribution in [0.5, 0.6) is 0 Å². The van der Waals surface area contributed by atoms with E-state index in [1.54, 1.807) is 30.3 Å². The van der Waals surface area contributed by atoms with E-state index in [9.17, 15) is 17.6 Å². The summed E-state index contributed by atoms with van der Waals surface area (Å²) in [5.74, 6) is -1.36. The second-order valence-electron chi connectivity index (χ2n) is 3.41. The lowest BCUT2D eigenvalue weighted by Gasteiger charge is -2.09. The Kier molecular flexibility index (Phi) is 2.83. The Labute approximate surface area is 94.7 Å². The first-order valence-corrected chi connectivity index (χ1v) is 4.76. The van der Waals surface area contributed by atoms with Crippen molar-refractivity contribution < 1.29 is 17.6 Å². The third-order valence-electron chi connectivity index (χ3n) is 2.23. The van der Waals surface area contributed by atoms with Gasteiger partial charge in [-0.1, -0.05) is 30.3 Å². The minimum Gasteiger partial charge on any atom is -0.253 e. The maximum Gasteiger partial charge on any atom is 0.419 e. The van der Waals surface area contributed by atoms with Crippen LogP contribution in [0.25, 0.3) is 11.3 Å². The first kappa shape index (κ1) is 11.6. The Morgan fingerprint density at radius 3 is 2.24 bits per heavy atom. The van der Waals surface area contributed by atoms with Gasteiger partial charge >= 0.3 is 6.18 Å². The van der Waals surface area contributed by atoms with Gasteiger partial charge in [0.15, 0.2) is 5.82 Å². The first-order valence-electron chi connectivity index (χ1n) is 4.76. The molecule has 0 atom stereocenters. The summed E-state index contributed by atoms with van der Waals surface area (Å²) < 4.78 is 50.4. The van der Waals surface area contributed by atoms with Gasteiger partial charge in [0.05, 0.1) is 17.5 Å². The van der Waals surface area contributed by atoms with Gasteiger partial charge < -0.3 is 0 Å². The second kappa shape index (κ2) is 4.16. The van der Waals surface area contributed by atoms with E-state index in [0.29, 0.717) is 17.8 Å². The molecule has 17 heavy (non-hydrogen) atoms. The SMILES string of the molecule is Fc1cnc(-c2ccccc2)cc1C(F)(F)F. The molecule has 0 unspecified atom stereocenters. The zero-order valence-corrected chi connectivity index (χ0v) is 8.50. The summed E-state index contributed by atoms with van der Waals surface area (Å²) in [5.41, 5.74) is -0.691. The summed E-state index contributed by atoms with van der Waals surface area (Å²) in [5, 5.41) is 0. The molecule has 0 fully saturated rings. The zero-order valence-electron chi connectivity index (χ0n) is 8.50. The van der Waals surface area contributed by atoms with E-state index in [0.717, 1.165) is 0 Å². The predicted octanol–water partition coefficient (Wildman–Crippen LogP) is 3.91. The standard InChI is InChI=1S/C12H7F4N/c13-10-7-17-11(6-9(10)12(14,15)16)8-4-2-1-3-5-8/h1-7H. The van der Waals surface area contributed by atoms with Crippen LogP contribution in [0.1, 0.15) is 5.56 Å². The molecule has 2 rings (SSSR count). The van der Waals surface area contributed by atoms with E-state index < -0.39 is 17.6 Å². The number of hydrogen-bond acceptors (Lipinski definition) is 1. The highest BCUT2D eigenvalue weighted by atomic mass is 19.4. The lowest BCUT2D eigenvalue weighted by Crippen LogP contribution is -2.09. The van der Waals surface area contributed by atoms with E-state index >= 15 is 0 Å². The topological polar surface area (TPSA) is 12.9 Å². The molecule has 0 amide bonds. The molecule has 1 aromatic heterocycles. The van der Waals surface area contributed by atoms with Crippen molar-refractivity contribution in [2.75, 3.05) is 0 Å². The van der Waals surface area contributed by atoms with Crippen LogP contribution in [0, 0.1) is 5.82 Å². The van der Waals surface area contributed by atoms with Crippen LogP contribution >= 0.6 is 0 Å². The third kappa shape index (κ3) is 2.43. The highest BCUT2D eigenvalue weighted by Gasteiger charge is 2.34. The third-order valence-corrected chi connectivity index (χ3v) is 2.23. The number of pyridine rings is 1. The van der Waals surface area contributed by atoms with Crippen LogP contribution in [-0.2, 0) is 6.18 Å². The zero-order chi connectivity index (χ0) is 12.5. The average molecular weight is 241 g/mol. The van der Waals surface area contributed by atoms with Crippen molar-refractivity contribution in [1.29, 1.82) is 0 Å². The van der Waals surface area contributed by atoms with Crippen LogP contribution in [-0.4, -0.2) is 4.98 Å². The first-order chi connectivity index (χ1) is 7.98. The molecule has 0 spiro atoms. The molecule has 0 aliphatic carbocycles. The van der Waals surface area contributed by atoms with Gasteiger partial charge in [-0.2, -0.15) is 13.2 Å². The fourth-order valence-corrected chi connectivity index (χ4v) is 1.42. The molecule has 0 aliphatic rings.